The first-order valence-electron chi connectivity index (χ1n) is 13.4. The van der Waals surface area contributed by atoms with Crippen molar-refractivity contribution in [1.82, 2.24) is 10.2 Å². The molecule has 1 amide bonds. The minimum Gasteiger partial charge on any atom is -0.507 e. The number of fused-ring (bicyclic) bond motifs is 1. The van der Waals surface area contributed by atoms with Crippen LogP contribution in [0.2, 0.25) is 0 Å². The predicted molar refractivity (Wildman–Crippen MR) is 163 cm³/mol. The van der Waals surface area contributed by atoms with E-state index in [2.05, 4.69) is 16.8 Å². The van der Waals surface area contributed by atoms with Crippen molar-refractivity contribution >= 4 is 45.7 Å². The van der Waals surface area contributed by atoms with Crippen molar-refractivity contribution in [3.63, 3.8) is 0 Å². The van der Waals surface area contributed by atoms with Crippen molar-refractivity contribution < 1.29 is 24.2 Å². The molecule has 1 saturated heterocycles. The van der Waals surface area contributed by atoms with E-state index in [1.165, 1.54) is 28.0 Å². The van der Waals surface area contributed by atoms with Gasteiger partial charge in [0.05, 0.1) is 11.6 Å². The second kappa shape index (κ2) is 11.8. The molecule has 0 radical (unpaired) electrons. The summed E-state index contributed by atoms with van der Waals surface area (Å²) in [4.78, 5) is 28.6. The van der Waals surface area contributed by atoms with E-state index in [1.54, 1.807) is 42.5 Å². The molecule has 0 bridgehead atoms. The Labute approximate surface area is 251 Å². The number of aliphatic hydroxyl groups excluding tert-OH is 1. The van der Waals surface area contributed by atoms with Crippen LogP contribution >= 0.6 is 23.1 Å². The van der Waals surface area contributed by atoms with Crippen molar-refractivity contribution in [2.75, 3.05) is 11.5 Å². The maximum atomic E-state index is 13.6. The van der Waals surface area contributed by atoms with Crippen LogP contribution in [0.3, 0.4) is 0 Å². The molecule has 6 rings (SSSR count). The summed E-state index contributed by atoms with van der Waals surface area (Å²) < 4.78 is 12.2. The average molecular weight is 598 g/mol. The summed E-state index contributed by atoms with van der Waals surface area (Å²) in [7, 11) is 0. The molecule has 3 aromatic carbocycles. The van der Waals surface area contributed by atoms with Gasteiger partial charge in [-0.05, 0) is 53.9 Å². The van der Waals surface area contributed by atoms with Crippen LogP contribution in [0.15, 0.2) is 95.4 Å². The van der Waals surface area contributed by atoms with Gasteiger partial charge in [-0.3, -0.25) is 14.5 Å². The molecule has 1 aromatic heterocycles. The third-order valence-electron chi connectivity index (χ3n) is 6.96. The van der Waals surface area contributed by atoms with Crippen molar-refractivity contribution in [2.45, 2.75) is 35.6 Å². The lowest BCUT2D eigenvalue weighted by Crippen LogP contribution is -2.29. The Morgan fingerprint density at radius 3 is 2.79 bits per heavy atom. The number of hydrogen-bond donors (Lipinski definition) is 1. The number of nitrogens with zero attached hydrogens (tertiary/aromatic N) is 3. The number of ether oxygens (including phenoxy) is 2. The molecule has 10 heteroatoms. The predicted octanol–water partition coefficient (Wildman–Crippen LogP) is 6.34. The molecule has 2 aliphatic rings. The topological polar surface area (TPSA) is 102 Å². The summed E-state index contributed by atoms with van der Waals surface area (Å²) in [5, 5.41) is 20.4. The van der Waals surface area contributed by atoms with Gasteiger partial charge in [-0.1, -0.05) is 78.2 Å². The molecule has 2 unspecified atom stereocenters. The number of hydrogen-bond acceptors (Lipinski definition) is 9. The van der Waals surface area contributed by atoms with E-state index in [0.717, 1.165) is 16.9 Å². The first-order chi connectivity index (χ1) is 20.4. The smallest absolute Gasteiger partial charge is 0.301 e. The van der Waals surface area contributed by atoms with Crippen molar-refractivity contribution in [3.8, 4) is 11.5 Å². The molecular formula is C32H27N3O5S2. The average Bonchev–Trinajstić information content (AvgIpc) is 3.70. The van der Waals surface area contributed by atoms with E-state index >= 15 is 0 Å². The highest BCUT2D eigenvalue weighted by molar-refractivity contribution is 8.00. The van der Waals surface area contributed by atoms with Gasteiger partial charge in [-0.2, -0.15) is 0 Å². The number of carbonyl (C=O) groups is 2. The number of Topliss-reactive ketones (excluding diaryl/α,β-unsaturated/α-hetero) is 1. The molecule has 8 nitrogen and oxygen atoms in total. The van der Waals surface area contributed by atoms with E-state index in [4.69, 9.17) is 9.47 Å². The van der Waals surface area contributed by atoms with Gasteiger partial charge in [0, 0.05) is 17.7 Å². The lowest BCUT2D eigenvalue weighted by molar-refractivity contribution is -0.132. The van der Waals surface area contributed by atoms with E-state index < -0.39 is 17.7 Å². The Morgan fingerprint density at radius 1 is 1.14 bits per heavy atom. The zero-order chi connectivity index (χ0) is 29.2. The zero-order valence-corrected chi connectivity index (χ0v) is 24.4. The molecule has 4 aromatic rings. The van der Waals surface area contributed by atoms with Gasteiger partial charge in [-0.25, -0.2) is 0 Å². The number of carbonyl (C=O) groups excluding carboxylic acids is 2. The number of anilines is 1. The molecule has 3 heterocycles. The quantitative estimate of drug-likeness (QED) is 0.0595. The number of amides is 1. The molecule has 1 N–H and O–H groups in total. The maximum absolute atomic E-state index is 13.6. The third-order valence-corrected chi connectivity index (χ3v) is 9.09. The highest BCUT2D eigenvalue weighted by Crippen LogP contribution is 2.45. The van der Waals surface area contributed by atoms with Gasteiger partial charge >= 0.3 is 5.91 Å². The van der Waals surface area contributed by atoms with Crippen LogP contribution in [-0.2, 0) is 21.8 Å². The van der Waals surface area contributed by atoms with Gasteiger partial charge in [0.15, 0.2) is 4.34 Å². The van der Waals surface area contributed by atoms with E-state index in [9.17, 15) is 14.7 Å². The lowest BCUT2D eigenvalue weighted by atomic mass is 9.94. The Morgan fingerprint density at radius 2 is 1.98 bits per heavy atom. The molecule has 212 valence electrons. The van der Waals surface area contributed by atoms with E-state index in [1.807, 2.05) is 43.3 Å². The molecular weight excluding hydrogens is 571 g/mol. The minimum atomic E-state index is -0.944. The monoisotopic (exact) mass is 597 g/mol. The fourth-order valence-electron chi connectivity index (χ4n) is 5.08. The standard InChI is InChI=1S/C32H27N3O5S2/c1-3-14-39-24-11-7-10-21(17-24)27-26(28(36)22-12-13-25-23(16-22)15-19(2)40-25)29(37)30(38)35(27)31-33-34-32(42-31)41-18-20-8-5-4-6-9-20/h3-13,16-17,19,27,36H,1,14-15,18H2,2H3. The van der Waals surface area contributed by atoms with Crippen LogP contribution in [0.25, 0.3) is 5.76 Å². The Balaban J connectivity index is 1.41. The second-order valence-electron chi connectivity index (χ2n) is 9.92. The molecule has 0 spiro atoms. The summed E-state index contributed by atoms with van der Waals surface area (Å²) in [6.07, 6.45) is 2.34. The van der Waals surface area contributed by atoms with Gasteiger partial charge in [0.1, 0.15) is 30.0 Å². The van der Waals surface area contributed by atoms with Crippen LogP contribution in [0, 0.1) is 0 Å². The Hall–Kier alpha value is -4.41. The van der Waals surface area contributed by atoms with Crippen LogP contribution < -0.4 is 14.4 Å². The highest BCUT2D eigenvalue weighted by atomic mass is 32.2. The van der Waals surface area contributed by atoms with Gasteiger partial charge in [-0.15, -0.1) is 10.2 Å². The minimum absolute atomic E-state index is 0.0210. The molecule has 42 heavy (non-hydrogen) atoms. The van der Waals surface area contributed by atoms with Crippen LogP contribution in [-0.4, -0.2) is 39.7 Å². The molecule has 0 aliphatic carbocycles. The van der Waals surface area contributed by atoms with Gasteiger partial charge in [0.25, 0.3) is 5.78 Å². The summed E-state index contributed by atoms with van der Waals surface area (Å²) in [6.45, 7) is 5.96. The summed E-state index contributed by atoms with van der Waals surface area (Å²) in [5.74, 6) is 0.127. The fraction of sp³-hybridized carbons (Fsp3) is 0.188. The number of aromatic nitrogens is 2. The first-order valence-corrected chi connectivity index (χ1v) is 15.2. The molecule has 2 aliphatic heterocycles. The summed E-state index contributed by atoms with van der Waals surface area (Å²) in [5.41, 5.74) is 3.06. The molecule has 1 fully saturated rings. The van der Waals surface area contributed by atoms with Crippen LogP contribution in [0.4, 0.5) is 5.13 Å². The SMILES string of the molecule is C=CCOc1cccc(C2C(=C(O)c3ccc4c(c3)CC(C)O4)C(=O)C(=O)N2c2nnc(SCc3ccccc3)s2)c1. The van der Waals surface area contributed by atoms with Crippen LogP contribution in [0.5, 0.6) is 11.5 Å². The number of thioether (sulfide) groups is 1. The molecule has 2 atom stereocenters. The number of ketones is 1. The Kier molecular flexibility index (Phi) is 7.82. The van der Waals surface area contributed by atoms with Crippen molar-refractivity contribution in [1.29, 1.82) is 0 Å². The van der Waals surface area contributed by atoms with Gasteiger partial charge < -0.3 is 14.6 Å². The third kappa shape index (κ3) is 5.43. The normalized spacial score (nSPS) is 19.0. The summed E-state index contributed by atoms with van der Waals surface area (Å²) >= 11 is 2.72. The largest absolute Gasteiger partial charge is 0.507 e. The van der Waals surface area contributed by atoms with E-state index in [0.29, 0.717) is 33.4 Å². The maximum Gasteiger partial charge on any atom is 0.301 e. The first kappa shape index (κ1) is 27.7. The number of benzene rings is 3. The second-order valence-corrected chi connectivity index (χ2v) is 12.1. The molecule has 0 saturated carbocycles. The highest BCUT2D eigenvalue weighted by Gasteiger charge is 2.48. The van der Waals surface area contributed by atoms with Gasteiger partial charge in [0.2, 0.25) is 5.13 Å². The zero-order valence-electron chi connectivity index (χ0n) is 22.7. The van der Waals surface area contributed by atoms with Crippen molar-refractivity contribution in [2.24, 2.45) is 0 Å². The van der Waals surface area contributed by atoms with Crippen LogP contribution in [0.1, 0.15) is 35.2 Å². The van der Waals surface area contributed by atoms with E-state index in [-0.39, 0.29) is 29.2 Å². The van der Waals surface area contributed by atoms with Crippen molar-refractivity contribution in [3.05, 3.63) is 113 Å². The summed E-state index contributed by atoms with van der Waals surface area (Å²) in [6, 6.07) is 21.4. The fourth-order valence-corrected chi connectivity index (χ4v) is 6.90. The number of aliphatic hydroxyl groups is 1. The lowest BCUT2D eigenvalue weighted by Gasteiger charge is -2.23. The number of rotatable bonds is 9. The Bertz CT molecular complexity index is 1700.